The highest BCUT2D eigenvalue weighted by Gasteiger charge is 2.06. The second-order valence-electron chi connectivity index (χ2n) is 4.12. The fraction of sp³-hybridized carbons (Fsp3) is 0.308. The Morgan fingerprint density at radius 2 is 2.22 bits per heavy atom. The van der Waals surface area contributed by atoms with Crippen molar-refractivity contribution >= 4 is 51.4 Å². The average molecular weight is 373 g/mol. The van der Waals surface area contributed by atoms with Crippen molar-refractivity contribution < 1.29 is 0 Å². The molecular formula is C13H16IN3S. The molecule has 0 fully saturated rings. The first-order valence-corrected chi connectivity index (χ1v) is 6.79. The molecule has 1 aromatic heterocycles. The average Bonchev–Trinajstić information content (AvgIpc) is 2.81. The first kappa shape index (κ1) is 13.6. The number of nitrogens with one attached hydrogen (secondary N) is 2. The van der Waals surface area contributed by atoms with E-state index in [1.807, 2.05) is 0 Å². The summed E-state index contributed by atoms with van der Waals surface area (Å²) in [5.74, 6) is 0.937. The van der Waals surface area contributed by atoms with Crippen LogP contribution in [0.15, 0.2) is 34.6 Å². The van der Waals surface area contributed by atoms with E-state index in [0.717, 1.165) is 32.0 Å². The van der Waals surface area contributed by atoms with Gasteiger partial charge in [-0.25, -0.2) is 0 Å². The first-order chi connectivity index (χ1) is 8.43. The predicted octanol–water partition coefficient (Wildman–Crippen LogP) is 2.96. The number of nitrogens with zero attached hydrogens (tertiary/aromatic N) is 1. The number of fused-ring (bicyclic) bond motifs is 1. The summed E-state index contributed by atoms with van der Waals surface area (Å²) in [4.78, 5) is 4.41. The molecule has 0 amide bonds. The molecular weight excluding hydrogens is 357 g/mol. The minimum absolute atomic E-state index is 0. The highest BCUT2D eigenvalue weighted by molar-refractivity contribution is 14.0. The van der Waals surface area contributed by atoms with Gasteiger partial charge in [-0.2, -0.15) is 0 Å². The van der Waals surface area contributed by atoms with E-state index in [-0.39, 0.29) is 24.0 Å². The van der Waals surface area contributed by atoms with E-state index < -0.39 is 0 Å². The van der Waals surface area contributed by atoms with Crippen LogP contribution in [0.3, 0.4) is 0 Å². The maximum absolute atomic E-state index is 4.41. The molecule has 0 bridgehead atoms. The second kappa shape index (κ2) is 6.38. The molecule has 18 heavy (non-hydrogen) atoms. The van der Waals surface area contributed by atoms with E-state index in [2.05, 4.69) is 45.3 Å². The molecule has 1 aliphatic rings. The highest BCUT2D eigenvalue weighted by atomic mass is 127. The van der Waals surface area contributed by atoms with E-state index in [1.165, 1.54) is 15.6 Å². The molecule has 0 unspecified atom stereocenters. The SMILES string of the molecule is I.c1ccc2c(CNC3=NCCCN3)csc2c1. The number of thiophene rings is 1. The van der Waals surface area contributed by atoms with Crippen LogP contribution in [0, 0.1) is 0 Å². The van der Waals surface area contributed by atoms with E-state index in [1.54, 1.807) is 11.3 Å². The van der Waals surface area contributed by atoms with Crippen LogP contribution >= 0.6 is 35.3 Å². The largest absolute Gasteiger partial charge is 0.356 e. The molecule has 0 atom stereocenters. The molecule has 1 aromatic carbocycles. The zero-order valence-corrected chi connectivity index (χ0v) is 13.1. The number of hydrogen-bond acceptors (Lipinski definition) is 4. The maximum Gasteiger partial charge on any atom is 0.191 e. The number of guanidine groups is 1. The van der Waals surface area contributed by atoms with Crippen molar-refractivity contribution in [1.29, 1.82) is 0 Å². The predicted molar refractivity (Wildman–Crippen MR) is 89.0 cm³/mol. The Bertz CT molecular complexity index is 550. The molecule has 2 heterocycles. The van der Waals surface area contributed by atoms with E-state index >= 15 is 0 Å². The van der Waals surface area contributed by atoms with Gasteiger partial charge < -0.3 is 10.6 Å². The van der Waals surface area contributed by atoms with Crippen molar-refractivity contribution in [2.75, 3.05) is 13.1 Å². The van der Waals surface area contributed by atoms with Crippen LogP contribution < -0.4 is 10.6 Å². The molecule has 0 saturated heterocycles. The van der Waals surface area contributed by atoms with Gasteiger partial charge in [0.1, 0.15) is 0 Å². The van der Waals surface area contributed by atoms with Crippen LogP contribution in [0.1, 0.15) is 12.0 Å². The molecule has 0 saturated carbocycles. The lowest BCUT2D eigenvalue weighted by atomic mass is 10.2. The molecule has 0 spiro atoms. The number of benzene rings is 1. The van der Waals surface area contributed by atoms with E-state index in [0.29, 0.717) is 0 Å². The zero-order chi connectivity index (χ0) is 11.5. The molecule has 3 rings (SSSR count). The van der Waals surface area contributed by atoms with Gasteiger partial charge in [0, 0.05) is 24.3 Å². The Morgan fingerprint density at radius 3 is 3.06 bits per heavy atom. The van der Waals surface area contributed by atoms with Crippen LogP contribution in [0.25, 0.3) is 10.1 Å². The van der Waals surface area contributed by atoms with Gasteiger partial charge in [0.2, 0.25) is 0 Å². The topological polar surface area (TPSA) is 36.4 Å². The Morgan fingerprint density at radius 1 is 1.33 bits per heavy atom. The Labute approximate surface area is 128 Å². The first-order valence-electron chi connectivity index (χ1n) is 5.91. The van der Waals surface area contributed by atoms with Crippen molar-refractivity contribution in [2.45, 2.75) is 13.0 Å². The molecule has 2 aromatic rings. The fourth-order valence-electron chi connectivity index (χ4n) is 2.00. The van der Waals surface area contributed by atoms with E-state index in [4.69, 9.17) is 0 Å². The van der Waals surface area contributed by atoms with Crippen LogP contribution in [0.2, 0.25) is 0 Å². The molecule has 0 aliphatic carbocycles. The van der Waals surface area contributed by atoms with Crippen molar-refractivity contribution in [3.8, 4) is 0 Å². The number of rotatable bonds is 2. The summed E-state index contributed by atoms with van der Waals surface area (Å²) in [7, 11) is 0. The van der Waals surface area contributed by atoms with Gasteiger partial charge >= 0.3 is 0 Å². The summed E-state index contributed by atoms with van der Waals surface area (Å²) in [5.41, 5.74) is 1.35. The normalized spacial score (nSPS) is 14.6. The Kier molecular flexibility index (Phi) is 4.82. The third kappa shape index (κ3) is 2.95. The molecule has 96 valence electrons. The Balaban J connectivity index is 0.00000120. The summed E-state index contributed by atoms with van der Waals surface area (Å²) in [5, 5.41) is 10.2. The molecule has 5 heteroatoms. The van der Waals surface area contributed by atoms with Gasteiger partial charge in [-0.3, -0.25) is 4.99 Å². The summed E-state index contributed by atoms with van der Waals surface area (Å²) >= 11 is 1.80. The Hall–Kier alpha value is -0.820. The van der Waals surface area contributed by atoms with Gasteiger partial charge in [0.25, 0.3) is 0 Å². The highest BCUT2D eigenvalue weighted by Crippen LogP contribution is 2.25. The van der Waals surface area contributed by atoms with Crippen molar-refractivity contribution in [1.82, 2.24) is 10.6 Å². The van der Waals surface area contributed by atoms with E-state index in [9.17, 15) is 0 Å². The van der Waals surface area contributed by atoms with Gasteiger partial charge in [0.15, 0.2) is 5.96 Å². The van der Waals surface area contributed by atoms with Crippen molar-refractivity contribution in [2.24, 2.45) is 4.99 Å². The van der Waals surface area contributed by atoms with Crippen molar-refractivity contribution in [3.63, 3.8) is 0 Å². The molecule has 2 N–H and O–H groups in total. The summed E-state index contributed by atoms with van der Waals surface area (Å²) in [6.45, 7) is 2.80. The van der Waals surface area contributed by atoms with Gasteiger partial charge in [0.05, 0.1) is 0 Å². The van der Waals surface area contributed by atoms with Crippen LogP contribution in [-0.2, 0) is 6.54 Å². The lowest BCUT2D eigenvalue weighted by molar-refractivity contribution is 0.703. The second-order valence-corrected chi connectivity index (χ2v) is 5.03. The number of aliphatic imine (C=N–C) groups is 1. The minimum atomic E-state index is 0. The smallest absolute Gasteiger partial charge is 0.191 e. The maximum atomic E-state index is 4.41. The van der Waals surface area contributed by atoms with Crippen molar-refractivity contribution in [3.05, 3.63) is 35.2 Å². The van der Waals surface area contributed by atoms with Crippen LogP contribution in [-0.4, -0.2) is 19.0 Å². The van der Waals surface area contributed by atoms with Gasteiger partial charge in [-0.1, -0.05) is 18.2 Å². The standard InChI is InChI=1S/C13H15N3S.HI/c1-2-5-12-11(4-1)10(9-17-12)8-16-13-14-6-3-7-15-13;/h1-2,4-5,9H,3,6-8H2,(H2,14,15,16);1H. The van der Waals surface area contributed by atoms with Gasteiger partial charge in [-0.05, 0) is 28.8 Å². The van der Waals surface area contributed by atoms with Crippen LogP contribution in [0.4, 0.5) is 0 Å². The lowest BCUT2D eigenvalue weighted by Gasteiger charge is -2.15. The van der Waals surface area contributed by atoms with Crippen LogP contribution in [0.5, 0.6) is 0 Å². The minimum Gasteiger partial charge on any atom is -0.356 e. The number of hydrogen-bond donors (Lipinski definition) is 2. The summed E-state index contributed by atoms with van der Waals surface area (Å²) < 4.78 is 1.35. The summed E-state index contributed by atoms with van der Waals surface area (Å²) in [6.07, 6.45) is 1.13. The third-order valence-corrected chi connectivity index (χ3v) is 3.92. The molecule has 3 nitrogen and oxygen atoms in total. The summed E-state index contributed by atoms with van der Waals surface area (Å²) in [6, 6.07) is 8.52. The number of halogens is 1. The quantitative estimate of drug-likeness (QED) is 0.795. The third-order valence-electron chi connectivity index (χ3n) is 2.90. The monoisotopic (exact) mass is 373 g/mol. The molecule has 0 radical (unpaired) electrons. The fourth-order valence-corrected chi connectivity index (χ4v) is 2.96. The zero-order valence-electron chi connectivity index (χ0n) is 9.98. The lowest BCUT2D eigenvalue weighted by Crippen LogP contribution is -2.40. The molecule has 1 aliphatic heterocycles. The van der Waals surface area contributed by atoms with Gasteiger partial charge in [-0.15, -0.1) is 35.3 Å².